The minimum absolute atomic E-state index is 0.639. The van der Waals surface area contributed by atoms with Crippen LogP contribution in [0.15, 0.2) is 43.3 Å². The van der Waals surface area contributed by atoms with E-state index in [2.05, 4.69) is 77.1 Å². The average molecular weight is 548 g/mol. The van der Waals surface area contributed by atoms with Gasteiger partial charge in [0.25, 0.3) is 0 Å². The Hall–Kier alpha value is -2.10. The van der Waals surface area contributed by atoms with Gasteiger partial charge in [0.2, 0.25) is 18.2 Å². The fourth-order valence-corrected chi connectivity index (χ4v) is 2.46. The van der Waals surface area contributed by atoms with Crippen molar-refractivity contribution in [3.63, 3.8) is 0 Å². The zero-order valence-corrected chi connectivity index (χ0v) is 23.5. The van der Waals surface area contributed by atoms with Gasteiger partial charge in [-0.3, -0.25) is 0 Å². The monoisotopic (exact) mass is 549 g/mol. The van der Waals surface area contributed by atoms with Crippen molar-refractivity contribution in [1.29, 1.82) is 0 Å². The first kappa shape index (κ1) is 34.5. The van der Waals surface area contributed by atoms with E-state index in [0.29, 0.717) is 19.6 Å². The summed E-state index contributed by atoms with van der Waals surface area (Å²) >= 11 is 1.20. The number of carbonyl (C=O) groups excluding carboxylic acids is 3. The molecule has 0 N–H and O–H groups in total. The van der Waals surface area contributed by atoms with Crippen LogP contribution in [0.2, 0.25) is 0 Å². The molecule has 1 aromatic carbocycles. The molecule has 0 amide bonds. The van der Waals surface area contributed by atoms with E-state index in [9.17, 15) is 14.4 Å². The van der Waals surface area contributed by atoms with Crippen molar-refractivity contribution in [3.05, 3.63) is 39.5 Å². The molecule has 7 heteroatoms. The van der Waals surface area contributed by atoms with Crippen LogP contribution in [0.4, 0.5) is 0 Å². The van der Waals surface area contributed by atoms with Crippen molar-refractivity contribution in [2.24, 2.45) is 15.0 Å². The number of aryl methyl sites for hydroxylation is 1. The first-order chi connectivity index (χ1) is 15.6. The summed E-state index contributed by atoms with van der Waals surface area (Å²) in [4.78, 5) is 38.2. The second-order valence-corrected chi connectivity index (χ2v) is 7.53. The predicted octanol–water partition coefficient (Wildman–Crippen LogP) is 5.49. The van der Waals surface area contributed by atoms with Crippen LogP contribution in [0.5, 0.6) is 0 Å². The summed E-state index contributed by atoms with van der Waals surface area (Å²) < 4.78 is 2.19. The molecule has 0 aliphatic carbocycles. The maximum absolute atomic E-state index is 9.39. The van der Waals surface area contributed by atoms with Crippen LogP contribution in [-0.2, 0) is 20.8 Å². The van der Waals surface area contributed by atoms with Gasteiger partial charge in [-0.1, -0.05) is 40.0 Å². The SMILES string of the molecule is CCCCN=C=O.CCCCN=C=O.CCCCN=C=O.CCc1ccc(/C=[CH]/[SnH])cc1. The maximum atomic E-state index is 9.39. The van der Waals surface area contributed by atoms with Crippen LogP contribution in [0.25, 0.3) is 6.08 Å². The Labute approximate surface area is 207 Å². The van der Waals surface area contributed by atoms with Crippen molar-refractivity contribution >= 4 is 46.8 Å². The Bertz CT molecular complexity index is 635. The van der Waals surface area contributed by atoms with Gasteiger partial charge in [-0.05, 0) is 19.3 Å². The number of isocyanates is 3. The molecule has 0 aliphatic rings. The Morgan fingerprint density at radius 1 is 0.719 bits per heavy atom. The van der Waals surface area contributed by atoms with Gasteiger partial charge in [0.05, 0.1) is 19.6 Å². The molecule has 1 rings (SSSR count). The van der Waals surface area contributed by atoms with Gasteiger partial charge in [-0.15, -0.1) is 0 Å². The molecule has 0 aromatic heterocycles. The van der Waals surface area contributed by atoms with Crippen molar-refractivity contribution in [3.8, 4) is 0 Å². The van der Waals surface area contributed by atoms with E-state index in [1.807, 2.05) is 0 Å². The van der Waals surface area contributed by atoms with Crippen LogP contribution in [-0.4, -0.2) is 60.4 Å². The summed E-state index contributed by atoms with van der Waals surface area (Å²) in [5.74, 6) is 0. The number of rotatable bonds is 11. The van der Waals surface area contributed by atoms with Gasteiger partial charge in [-0.25, -0.2) is 29.4 Å². The summed E-state index contributed by atoms with van der Waals surface area (Å²) in [6.07, 6.45) is 14.0. The van der Waals surface area contributed by atoms with E-state index in [4.69, 9.17) is 0 Å². The topological polar surface area (TPSA) is 88.3 Å². The molecule has 0 atom stereocenters. The summed E-state index contributed by atoms with van der Waals surface area (Å²) in [5, 5.41) is 0. The van der Waals surface area contributed by atoms with Crippen LogP contribution >= 0.6 is 0 Å². The van der Waals surface area contributed by atoms with E-state index in [1.165, 1.54) is 51.9 Å². The summed E-state index contributed by atoms with van der Waals surface area (Å²) in [7, 11) is 0. The molecule has 0 unspecified atom stereocenters. The predicted molar refractivity (Wildman–Crippen MR) is 136 cm³/mol. The van der Waals surface area contributed by atoms with Crippen molar-refractivity contribution in [2.75, 3.05) is 19.6 Å². The average Bonchev–Trinajstić information content (AvgIpc) is 2.82. The van der Waals surface area contributed by atoms with Crippen molar-refractivity contribution < 1.29 is 14.4 Å². The van der Waals surface area contributed by atoms with Gasteiger partial charge in [-0.2, -0.15) is 0 Å². The molecule has 1 aromatic rings. The van der Waals surface area contributed by atoms with Crippen molar-refractivity contribution in [1.82, 2.24) is 0 Å². The number of hydrogen-bond donors (Lipinski definition) is 0. The molecule has 6 nitrogen and oxygen atoms in total. The van der Waals surface area contributed by atoms with Crippen LogP contribution in [0.3, 0.4) is 0 Å². The van der Waals surface area contributed by atoms with E-state index in [1.54, 1.807) is 0 Å². The van der Waals surface area contributed by atoms with Gasteiger partial charge in [0.15, 0.2) is 0 Å². The number of unbranched alkanes of at least 4 members (excludes halogenated alkanes) is 3. The molecule has 0 spiro atoms. The Balaban J connectivity index is -0.000000361. The normalized spacial score (nSPS) is 8.66. The first-order valence-electron chi connectivity index (χ1n) is 11.2. The summed E-state index contributed by atoms with van der Waals surface area (Å²) in [6.45, 7) is 10.3. The molecule has 0 heterocycles. The van der Waals surface area contributed by atoms with E-state index in [0.717, 1.165) is 44.9 Å². The zero-order valence-electron chi connectivity index (χ0n) is 20.2. The Kier molecular flexibility index (Phi) is 36.2. The number of benzene rings is 1. The van der Waals surface area contributed by atoms with Crippen LogP contribution in [0.1, 0.15) is 77.3 Å². The van der Waals surface area contributed by atoms with E-state index in [-0.39, 0.29) is 0 Å². The fourth-order valence-electron chi connectivity index (χ4n) is 1.82. The molecule has 0 saturated heterocycles. The van der Waals surface area contributed by atoms with E-state index >= 15 is 0 Å². The zero-order chi connectivity index (χ0) is 24.7. The third-order valence-corrected chi connectivity index (χ3v) is 4.29. The molecule has 0 saturated carbocycles. The first-order valence-corrected chi connectivity index (χ1v) is 13.1. The van der Waals surface area contributed by atoms with Gasteiger partial charge >= 0.3 is 81.4 Å². The van der Waals surface area contributed by atoms with Gasteiger partial charge in [0, 0.05) is 0 Å². The third kappa shape index (κ3) is 32.6. The number of hydrogen-bond acceptors (Lipinski definition) is 6. The Morgan fingerprint density at radius 2 is 1.09 bits per heavy atom. The molecular weight excluding hydrogens is 509 g/mol. The number of nitrogens with zero attached hydrogens (tertiary/aromatic N) is 3. The standard InChI is InChI=1S/C10H11.3C5H9NO.Sn.H/c1-3-9-5-7-10(4-2)8-6-9;3*1-2-3-4-6-5-7;;/h1,3,5-8H,4H2,2H3;3*2-4H2,1H3;;. The number of aliphatic imine (C=N–C) groups is 3. The molecule has 176 valence electrons. The summed E-state index contributed by atoms with van der Waals surface area (Å²) in [5.41, 5.74) is 2.73. The molecule has 0 aliphatic heterocycles. The van der Waals surface area contributed by atoms with Crippen molar-refractivity contribution in [2.45, 2.75) is 72.6 Å². The molecule has 2 radical (unpaired) electrons. The third-order valence-electron chi connectivity index (χ3n) is 3.74. The van der Waals surface area contributed by atoms with Crippen LogP contribution in [0, 0.1) is 0 Å². The second-order valence-electron chi connectivity index (χ2n) is 6.43. The molecular formula is C25H39N3O3Sn. The van der Waals surface area contributed by atoms with Gasteiger partial charge in [0.1, 0.15) is 0 Å². The van der Waals surface area contributed by atoms with Crippen LogP contribution < -0.4 is 0 Å². The fraction of sp³-hybridized carbons (Fsp3) is 0.560. The molecule has 0 bridgehead atoms. The quantitative estimate of drug-likeness (QED) is 0.159. The minimum atomic E-state index is 0.639. The second kappa shape index (κ2) is 33.5. The summed E-state index contributed by atoms with van der Waals surface area (Å²) in [6, 6.07) is 8.73. The Morgan fingerprint density at radius 3 is 1.34 bits per heavy atom. The van der Waals surface area contributed by atoms with Gasteiger partial charge < -0.3 is 0 Å². The molecule has 0 fully saturated rings. The van der Waals surface area contributed by atoms with E-state index < -0.39 is 0 Å². The molecule has 32 heavy (non-hydrogen) atoms.